The van der Waals surface area contributed by atoms with Crippen molar-refractivity contribution >= 4 is 38.9 Å². The van der Waals surface area contributed by atoms with Gasteiger partial charge in [-0.15, -0.1) is 0 Å². The molecule has 3 aromatic rings. The van der Waals surface area contributed by atoms with Gasteiger partial charge in [-0.25, -0.2) is 8.42 Å². The molecule has 0 saturated heterocycles. The fraction of sp³-hybridized carbons (Fsp3) is 0.143. The van der Waals surface area contributed by atoms with Gasteiger partial charge in [0.2, 0.25) is 5.91 Å². The Bertz CT molecular complexity index is 1140. The molecule has 7 nitrogen and oxygen atoms in total. The van der Waals surface area contributed by atoms with E-state index in [1.165, 1.54) is 37.7 Å². The average Bonchev–Trinajstić information content (AvgIpc) is 2.73. The first-order valence-corrected chi connectivity index (χ1v) is 10.8. The summed E-state index contributed by atoms with van der Waals surface area (Å²) in [7, 11) is -2.56. The fourth-order valence-electron chi connectivity index (χ4n) is 2.75. The largest absolute Gasteiger partial charge is 0.495 e. The van der Waals surface area contributed by atoms with E-state index in [1.54, 1.807) is 36.4 Å². The van der Waals surface area contributed by atoms with Crippen molar-refractivity contribution in [3.63, 3.8) is 0 Å². The molecular weight excluding hydrogens is 426 g/mol. The van der Waals surface area contributed by atoms with Crippen LogP contribution < -0.4 is 14.4 Å². The number of amides is 1. The minimum Gasteiger partial charge on any atom is -0.495 e. The summed E-state index contributed by atoms with van der Waals surface area (Å²) in [6, 6.07) is 14.6. The third kappa shape index (κ3) is 4.90. The third-order valence-corrected chi connectivity index (χ3v) is 6.26. The number of pyridine rings is 1. The summed E-state index contributed by atoms with van der Waals surface area (Å²) in [5.41, 5.74) is 1.67. The van der Waals surface area contributed by atoms with Crippen LogP contribution in [0.15, 0.2) is 71.9 Å². The topological polar surface area (TPSA) is 88.6 Å². The maximum Gasteiger partial charge on any atom is 0.266 e. The number of hydrogen-bond acceptors (Lipinski definition) is 5. The molecule has 30 heavy (non-hydrogen) atoms. The van der Waals surface area contributed by atoms with Crippen LogP contribution in [0.25, 0.3) is 0 Å². The number of carbonyl (C=O) groups is 1. The zero-order chi connectivity index (χ0) is 21.7. The highest BCUT2D eigenvalue weighted by molar-refractivity contribution is 7.92. The van der Waals surface area contributed by atoms with E-state index in [9.17, 15) is 13.2 Å². The van der Waals surface area contributed by atoms with E-state index >= 15 is 0 Å². The van der Waals surface area contributed by atoms with Gasteiger partial charge in [0.1, 0.15) is 17.2 Å². The molecule has 1 aromatic heterocycles. The number of anilines is 2. The summed E-state index contributed by atoms with van der Waals surface area (Å²) in [4.78, 5) is 16.7. The molecule has 1 heterocycles. The summed E-state index contributed by atoms with van der Waals surface area (Å²) in [5.74, 6) is -0.145. The highest BCUT2D eigenvalue weighted by atomic mass is 35.5. The van der Waals surface area contributed by atoms with Crippen LogP contribution in [-0.4, -0.2) is 33.0 Å². The van der Waals surface area contributed by atoms with Crippen molar-refractivity contribution in [2.45, 2.75) is 11.8 Å². The number of halogens is 1. The summed E-state index contributed by atoms with van der Waals surface area (Å²) >= 11 is 6.01. The smallest absolute Gasteiger partial charge is 0.266 e. The molecule has 0 radical (unpaired) electrons. The van der Waals surface area contributed by atoms with Crippen LogP contribution in [-0.2, 0) is 14.8 Å². The lowest BCUT2D eigenvalue weighted by Gasteiger charge is -2.24. The standard InChI is InChI=1S/C21H20ClN3O4S/c1-15-5-8-17(9-6-15)25(30(27,28)18-4-3-11-23-13-18)14-21(26)24-19-12-16(22)7-10-20(19)29-2/h3-13H,14H2,1-2H3,(H,24,26). The minimum atomic E-state index is -4.03. The van der Waals surface area contributed by atoms with Crippen LogP contribution in [0, 0.1) is 6.92 Å². The number of nitrogens with one attached hydrogen (secondary N) is 1. The normalized spacial score (nSPS) is 11.0. The number of carbonyl (C=O) groups excluding carboxylic acids is 1. The van der Waals surface area contributed by atoms with E-state index in [2.05, 4.69) is 10.3 Å². The molecule has 1 N–H and O–H groups in total. The first kappa shape index (κ1) is 21.6. The van der Waals surface area contributed by atoms with Crippen LogP contribution in [0.2, 0.25) is 5.02 Å². The molecule has 2 aromatic carbocycles. The van der Waals surface area contributed by atoms with E-state index in [0.717, 1.165) is 9.87 Å². The molecule has 0 atom stereocenters. The molecule has 1 amide bonds. The van der Waals surface area contributed by atoms with E-state index in [-0.39, 0.29) is 4.90 Å². The van der Waals surface area contributed by atoms with Gasteiger partial charge in [-0.3, -0.25) is 14.1 Å². The van der Waals surface area contributed by atoms with Crippen LogP contribution in [0.3, 0.4) is 0 Å². The Hall–Kier alpha value is -3.10. The molecule has 0 aliphatic rings. The van der Waals surface area contributed by atoms with Gasteiger partial charge in [-0.2, -0.15) is 0 Å². The zero-order valence-electron chi connectivity index (χ0n) is 16.4. The van der Waals surface area contributed by atoms with Gasteiger partial charge in [0.05, 0.1) is 18.5 Å². The van der Waals surface area contributed by atoms with Crippen molar-refractivity contribution < 1.29 is 17.9 Å². The van der Waals surface area contributed by atoms with Crippen LogP contribution >= 0.6 is 11.6 Å². The van der Waals surface area contributed by atoms with Crippen molar-refractivity contribution in [1.29, 1.82) is 0 Å². The van der Waals surface area contributed by atoms with Gasteiger partial charge >= 0.3 is 0 Å². The Balaban J connectivity index is 1.94. The predicted molar refractivity (Wildman–Crippen MR) is 117 cm³/mol. The number of aromatic nitrogens is 1. The lowest BCUT2D eigenvalue weighted by molar-refractivity contribution is -0.114. The average molecular weight is 446 g/mol. The Morgan fingerprint density at radius 1 is 1.17 bits per heavy atom. The van der Waals surface area contributed by atoms with Gasteiger partial charge in [0.15, 0.2) is 0 Å². The third-order valence-electron chi connectivity index (χ3n) is 4.27. The van der Waals surface area contributed by atoms with Gasteiger partial charge < -0.3 is 10.1 Å². The lowest BCUT2D eigenvalue weighted by Crippen LogP contribution is -2.38. The Morgan fingerprint density at radius 3 is 2.53 bits per heavy atom. The van der Waals surface area contributed by atoms with Crippen molar-refractivity contribution in [2.75, 3.05) is 23.3 Å². The molecule has 0 unspecified atom stereocenters. The molecule has 9 heteroatoms. The fourth-order valence-corrected chi connectivity index (χ4v) is 4.31. The molecule has 156 valence electrons. The van der Waals surface area contributed by atoms with E-state index < -0.39 is 22.5 Å². The Morgan fingerprint density at radius 2 is 1.90 bits per heavy atom. The van der Waals surface area contributed by atoms with Crippen LogP contribution in [0.1, 0.15) is 5.56 Å². The molecule has 0 aliphatic heterocycles. The Kier molecular flexibility index (Phi) is 6.59. The first-order valence-electron chi connectivity index (χ1n) is 8.94. The first-order chi connectivity index (χ1) is 14.3. The van der Waals surface area contributed by atoms with E-state index in [0.29, 0.717) is 22.1 Å². The second kappa shape index (κ2) is 9.15. The maximum atomic E-state index is 13.2. The lowest BCUT2D eigenvalue weighted by atomic mass is 10.2. The number of rotatable bonds is 7. The van der Waals surface area contributed by atoms with E-state index in [4.69, 9.17) is 16.3 Å². The molecule has 0 saturated carbocycles. The number of benzene rings is 2. The SMILES string of the molecule is COc1ccc(Cl)cc1NC(=O)CN(c1ccc(C)cc1)S(=O)(=O)c1cccnc1. The molecule has 0 fully saturated rings. The van der Waals surface area contributed by atoms with Crippen molar-refractivity contribution in [1.82, 2.24) is 4.98 Å². The molecular formula is C21H20ClN3O4S. The second-order valence-electron chi connectivity index (χ2n) is 6.43. The summed E-state index contributed by atoms with van der Waals surface area (Å²) in [6.45, 7) is 1.44. The molecule has 0 aliphatic carbocycles. The molecule has 0 spiro atoms. The summed E-state index contributed by atoms with van der Waals surface area (Å²) < 4.78 is 32.8. The number of ether oxygens (including phenoxy) is 1. The number of methoxy groups -OCH3 is 1. The number of hydrogen-bond donors (Lipinski definition) is 1. The maximum absolute atomic E-state index is 13.2. The monoisotopic (exact) mass is 445 g/mol. The predicted octanol–water partition coefficient (Wildman–Crippen LogP) is 3.89. The van der Waals surface area contributed by atoms with Crippen molar-refractivity contribution in [3.05, 3.63) is 77.6 Å². The zero-order valence-corrected chi connectivity index (χ0v) is 17.9. The number of nitrogens with zero attached hydrogens (tertiary/aromatic N) is 2. The van der Waals surface area contributed by atoms with E-state index in [1.807, 2.05) is 6.92 Å². The van der Waals surface area contributed by atoms with Gasteiger partial charge in [-0.05, 0) is 49.4 Å². The molecule has 3 rings (SSSR count). The van der Waals surface area contributed by atoms with Gasteiger partial charge in [-0.1, -0.05) is 29.3 Å². The summed E-state index contributed by atoms with van der Waals surface area (Å²) in [6.07, 6.45) is 2.72. The van der Waals surface area contributed by atoms with Gasteiger partial charge in [0.25, 0.3) is 10.0 Å². The second-order valence-corrected chi connectivity index (χ2v) is 8.73. The Labute approximate surface area is 180 Å². The highest BCUT2D eigenvalue weighted by Gasteiger charge is 2.27. The number of sulfonamides is 1. The highest BCUT2D eigenvalue weighted by Crippen LogP contribution is 2.28. The minimum absolute atomic E-state index is 0.0151. The molecule has 0 bridgehead atoms. The van der Waals surface area contributed by atoms with Crippen molar-refractivity contribution in [2.24, 2.45) is 0 Å². The number of aryl methyl sites for hydroxylation is 1. The quantitative estimate of drug-likeness (QED) is 0.596. The van der Waals surface area contributed by atoms with Gasteiger partial charge in [0, 0.05) is 17.4 Å². The van der Waals surface area contributed by atoms with Crippen molar-refractivity contribution in [3.8, 4) is 5.75 Å². The van der Waals surface area contributed by atoms with Crippen LogP contribution in [0.5, 0.6) is 5.75 Å². The summed E-state index contributed by atoms with van der Waals surface area (Å²) in [5, 5.41) is 3.07. The van der Waals surface area contributed by atoms with Crippen LogP contribution in [0.4, 0.5) is 11.4 Å².